The number of carboxylic acids is 1. The summed E-state index contributed by atoms with van der Waals surface area (Å²) in [6.07, 6.45) is 1.39. The lowest BCUT2D eigenvalue weighted by Gasteiger charge is -2.09. The van der Waals surface area contributed by atoms with Crippen LogP contribution in [-0.2, 0) is 4.79 Å². The Morgan fingerprint density at radius 2 is 1.91 bits per heavy atom. The molecular weight excluding hydrogens is 156 g/mol. The largest absolute Gasteiger partial charge is 0.478 e. The molecule has 0 aromatic carbocycles. The van der Waals surface area contributed by atoms with Crippen molar-refractivity contribution < 1.29 is 9.90 Å². The zero-order valence-electron chi connectivity index (χ0n) is 7.22. The predicted octanol–water partition coefficient (Wildman–Crippen LogP) is 2.06. The van der Waals surface area contributed by atoms with Gasteiger partial charge in [0.15, 0.2) is 0 Å². The molecule has 0 saturated carbocycles. The van der Waals surface area contributed by atoms with Crippen LogP contribution in [0.15, 0.2) is 23.9 Å². The summed E-state index contributed by atoms with van der Waals surface area (Å²) in [4.78, 5) is 10.5. The first kappa shape index (κ1) is 10.2. The van der Waals surface area contributed by atoms with Gasteiger partial charge in [0, 0.05) is 0 Å². The molecule has 0 bridgehead atoms. The van der Waals surface area contributed by atoms with Gasteiger partial charge in [-0.1, -0.05) is 38.0 Å². The molecule has 2 nitrogen and oxygen atoms in total. The number of aliphatic carboxylic acids is 1. The van der Waals surface area contributed by atoms with Crippen LogP contribution in [-0.4, -0.2) is 19.1 Å². The second kappa shape index (κ2) is 3.53. The quantitative estimate of drug-likeness (QED) is 0.400. The number of hydrogen-bond acceptors (Lipinski definition) is 1. The van der Waals surface area contributed by atoms with E-state index in [1.165, 1.54) is 6.08 Å². The van der Waals surface area contributed by atoms with Crippen molar-refractivity contribution in [2.45, 2.75) is 19.6 Å². The molecule has 0 fully saturated rings. The van der Waals surface area contributed by atoms with Gasteiger partial charge in [-0.2, -0.15) is 0 Å². The Morgan fingerprint density at radius 3 is 2.00 bits per heavy atom. The van der Waals surface area contributed by atoms with E-state index in [4.69, 9.17) is 5.11 Å². The van der Waals surface area contributed by atoms with E-state index in [0.29, 0.717) is 5.57 Å². The molecule has 3 heteroatoms. The summed E-state index contributed by atoms with van der Waals surface area (Å²) in [6, 6.07) is 0. The van der Waals surface area contributed by atoms with Gasteiger partial charge in [-0.3, -0.25) is 0 Å². The molecule has 0 spiro atoms. The van der Waals surface area contributed by atoms with Crippen molar-refractivity contribution in [1.82, 2.24) is 0 Å². The molecule has 0 aromatic heterocycles. The summed E-state index contributed by atoms with van der Waals surface area (Å²) in [5.74, 6) is -0.887. The van der Waals surface area contributed by atoms with E-state index in [0.717, 1.165) is 0 Å². The monoisotopic (exact) mass is 170 g/mol. The van der Waals surface area contributed by atoms with Gasteiger partial charge in [0.1, 0.15) is 0 Å². The van der Waals surface area contributed by atoms with E-state index in [-0.39, 0.29) is 0 Å². The first-order chi connectivity index (χ1) is 4.87. The van der Waals surface area contributed by atoms with E-state index in [1.807, 2.05) is 5.70 Å². The maximum absolute atomic E-state index is 10.5. The Labute approximate surface area is 68.3 Å². The molecule has 0 unspecified atom stereocenters. The molecule has 0 saturated heterocycles. The molecule has 0 aliphatic rings. The average Bonchev–Trinajstić information content (AvgIpc) is 1.80. The van der Waals surface area contributed by atoms with E-state index in [9.17, 15) is 4.79 Å². The number of carbonyl (C=O) groups is 1. The Hall–Kier alpha value is -0.833. The number of rotatable bonds is 3. The van der Waals surface area contributed by atoms with Crippen LogP contribution < -0.4 is 0 Å². The normalized spacial score (nSPS) is 12.8. The topological polar surface area (TPSA) is 37.3 Å². The van der Waals surface area contributed by atoms with Crippen molar-refractivity contribution in [2.75, 3.05) is 0 Å². The molecule has 0 heterocycles. The van der Waals surface area contributed by atoms with E-state index < -0.39 is 14.0 Å². The van der Waals surface area contributed by atoms with E-state index in [2.05, 4.69) is 26.2 Å². The molecule has 0 aromatic rings. The Bertz CT molecular complexity index is 199. The minimum atomic E-state index is -1.42. The smallest absolute Gasteiger partial charge is 0.334 e. The maximum atomic E-state index is 10.5. The lowest BCUT2D eigenvalue weighted by molar-refractivity contribution is -0.132. The van der Waals surface area contributed by atoms with Crippen molar-refractivity contribution in [2.24, 2.45) is 0 Å². The molecule has 0 aliphatic heterocycles. The van der Waals surface area contributed by atoms with Gasteiger partial charge in [-0.25, -0.2) is 4.79 Å². The number of carboxylic acid groups (broad SMARTS) is 1. The summed E-state index contributed by atoms with van der Waals surface area (Å²) < 4.78 is 0. The zero-order valence-corrected chi connectivity index (χ0v) is 8.22. The van der Waals surface area contributed by atoms with Crippen LogP contribution in [0.3, 0.4) is 0 Å². The highest BCUT2D eigenvalue weighted by Crippen LogP contribution is 2.07. The van der Waals surface area contributed by atoms with Crippen LogP contribution in [0.5, 0.6) is 0 Å². The van der Waals surface area contributed by atoms with Crippen molar-refractivity contribution in [3.8, 4) is 0 Å². The first-order valence-electron chi connectivity index (χ1n) is 3.45. The molecular formula is C8H14O2Si. The van der Waals surface area contributed by atoms with Crippen molar-refractivity contribution in [1.29, 1.82) is 0 Å². The minimum absolute atomic E-state index is 0.323. The van der Waals surface area contributed by atoms with Crippen molar-refractivity contribution >= 4 is 14.0 Å². The predicted molar refractivity (Wildman–Crippen MR) is 49.3 cm³/mol. The fraction of sp³-hybridized carbons (Fsp3) is 0.375. The minimum Gasteiger partial charge on any atom is -0.478 e. The van der Waals surface area contributed by atoms with Gasteiger partial charge in [0.05, 0.1) is 13.6 Å². The third-order valence-electron chi connectivity index (χ3n) is 1.06. The fourth-order valence-corrected chi connectivity index (χ4v) is 1.85. The average molecular weight is 170 g/mol. The molecule has 11 heavy (non-hydrogen) atoms. The lowest BCUT2D eigenvalue weighted by atomic mass is 10.3. The van der Waals surface area contributed by atoms with Crippen LogP contribution in [0.1, 0.15) is 0 Å². The second-order valence-electron chi connectivity index (χ2n) is 3.47. The van der Waals surface area contributed by atoms with Crippen LogP contribution >= 0.6 is 0 Å². The second-order valence-corrected chi connectivity index (χ2v) is 8.50. The lowest BCUT2D eigenvalue weighted by Crippen LogP contribution is -2.18. The third-order valence-corrected chi connectivity index (χ3v) is 2.23. The first-order valence-corrected chi connectivity index (χ1v) is 7.03. The Balaban J connectivity index is 4.63. The SMILES string of the molecule is C=CC(=C[Si](C)(C)C)C(=O)O. The maximum Gasteiger partial charge on any atom is 0.334 e. The summed E-state index contributed by atoms with van der Waals surface area (Å²) in [5, 5.41) is 8.62. The van der Waals surface area contributed by atoms with E-state index >= 15 is 0 Å². The molecule has 0 amide bonds. The van der Waals surface area contributed by atoms with Gasteiger partial charge < -0.3 is 5.11 Å². The zero-order chi connectivity index (χ0) is 9.07. The molecule has 1 N–H and O–H groups in total. The molecule has 0 rings (SSSR count). The third kappa shape index (κ3) is 4.56. The van der Waals surface area contributed by atoms with Crippen LogP contribution in [0.2, 0.25) is 19.6 Å². The summed E-state index contributed by atoms with van der Waals surface area (Å²) >= 11 is 0. The van der Waals surface area contributed by atoms with Gasteiger partial charge in [0.25, 0.3) is 0 Å². The standard InChI is InChI=1S/C8H14O2Si/c1-5-7(8(9)10)6-11(2,3)4/h5-6H,1H2,2-4H3,(H,9,10). The van der Waals surface area contributed by atoms with Gasteiger partial charge in [0.2, 0.25) is 0 Å². The highest BCUT2D eigenvalue weighted by atomic mass is 28.3. The van der Waals surface area contributed by atoms with Gasteiger partial charge in [-0.15, -0.1) is 0 Å². The van der Waals surface area contributed by atoms with Crippen LogP contribution in [0, 0.1) is 0 Å². The van der Waals surface area contributed by atoms with Gasteiger partial charge in [-0.05, 0) is 0 Å². The molecule has 0 atom stereocenters. The Kier molecular flexibility index (Phi) is 3.26. The molecule has 0 radical (unpaired) electrons. The van der Waals surface area contributed by atoms with Crippen LogP contribution in [0.25, 0.3) is 0 Å². The van der Waals surface area contributed by atoms with Crippen LogP contribution in [0.4, 0.5) is 0 Å². The van der Waals surface area contributed by atoms with Crippen molar-refractivity contribution in [3.05, 3.63) is 23.9 Å². The number of hydrogen-bond donors (Lipinski definition) is 1. The Morgan fingerprint density at radius 1 is 1.45 bits per heavy atom. The molecule has 0 aliphatic carbocycles. The van der Waals surface area contributed by atoms with Gasteiger partial charge >= 0.3 is 5.97 Å². The summed E-state index contributed by atoms with van der Waals surface area (Å²) in [6.45, 7) is 9.69. The summed E-state index contributed by atoms with van der Waals surface area (Å²) in [7, 11) is -1.42. The fourth-order valence-electron chi connectivity index (χ4n) is 0.674. The van der Waals surface area contributed by atoms with E-state index in [1.54, 1.807) is 0 Å². The summed E-state index contributed by atoms with van der Waals surface area (Å²) in [5.41, 5.74) is 2.15. The molecule has 62 valence electrons. The highest BCUT2D eigenvalue weighted by molar-refractivity contribution is 6.81. The highest BCUT2D eigenvalue weighted by Gasteiger charge is 2.12. The van der Waals surface area contributed by atoms with Crippen molar-refractivity contribution in [3.63, 3.8) is 0 Å².